The highest BCUT2D eigenvalue weighted by atomic mass is 31.2. The zero-order valence-corrected chi connectivity index (χ0v) is 21.7. The summed E-state index contributed by atoms with van der Waals surface area (Å²) in [6.45, 7) is 1.49. The van der Waals surface area contributed by atoms with E-state index in [1.165, 1.54) is 51.4 Å². The number of carbonyl (C=O) groups excluding carboxylic acids is 1. The highest BCUT2D eigenvalue weighted by Crippen LogP contribution is 2.43. The lowest BCUT2D eigenvalue weighted by atomic mass is 10.1. The van der Waals surface area contributed by atoms with Gasteiger partial charge in [-0.1, -0.05) is 70.4 Å². The molecule has 0 aromatic heterocycles. The lowest BCUT2D eigenvalue weighted by molar-refractivity contribution is -0.144. The SMILES string of the molecule is CCCCCCCC/C=C\CCCCCCCC(=O)OCCCOP(=O)(O)OCC(N)C(=O)O. The standard InChI is InChI=1S/C24H46NO8P/c1-2-3-4-5-6-7-8-9-10-11-12-13-14-15-16-18-23(26)31-19-17-20-32-34(29,30)33-21-22(25)24(27)28/h9-10,22H,2-8,11-21,25H2,1H3,(H,27,28)(H,29,30)/b10-9-. The van der Waals surface area contributed by atoms with E-state index in [9.17, 15) is 19.0 Å². The molecule has 0 saturated heterocycles. The van der Waals surface area contributed by atoms with Crippen LogP contribution < -0.4 is 5.73 Å². The predicted molar refractivity (Wildman–Crippen MR) is 132 cm³/mol. The Balaban J connectivity index is 3.47. The summed E-state index contributed by atoms with van der Waals surface area (Å²) in [4.78, 5) is 31.6. The minimum absolute atomic E-state index is 0.0680. The first-order valence-electron chi connectivity index (χ1n) is 12.7. The maximum absolute atomic E-state index is 11.7. The number of rotatable bonds is 24. The molecule has 10 heteroatoms. The van der Waals surface area contributed by atoms with Gasteiger partial charge in [0, 0.05) is 12.8 Å². The van der Waals surface area contributed by atoms with Crippen molar-refractivity contribution in [2.75, 3.05) is 19.8 Å². The van der Waals surface area contributed by atoms with Gasteiger partial charge in [0.15, 0.2) is 0 Å². The predicted octanol–water partition coefficient (Wildman–Crippen LogP) is 5.50. The molecule has 0 spiro atoms. The highest BCUT2D eigenvalue weighted by Gasteiger charge is 2.24. The maximum atomic E-state index is 11.7. The van der Waals surface area contributed by atoms with E-state index in [2.05, 4.69) is 28.1 Å². The topological polar surface area (TPSA) is 145 Å². The summed E-state index contributed by atoms with van der Waals surface area (Å²) in [5.74, 6) is -1.65. The summed E-state index contributed by atoms with van der Waals surface area (Å²) in [6, 6.07) is -1.42. The first-order chi connectivity index (χ1) is 16.3. The highest BCUT2D eigenvalue weighted by molar-refractivity contribution is 7.47. The third kappa shape index (κ3) is 22.5. The van der Waals surface area contributed by atoms with E-state index < -0.39 is 26.4 Å². The van der Waals surface area contributed by atoms with Crippen LogP contribution >= 0.6 is 7.82 Å². The Bertz CT molecular complexity index is 600. The number of phosphoric ester groups is 1. The largest absolute Gasteiger partial charge is 0.480 e. The van der Waals surface area contributed by atoms with Crippen LogP contribution in [0, 0.1) is 0 Å². The zero-order chi connectivity index (χ0) is 25.5. The Morgan fingerprint density at radius 1 is 0.853 bits per heavy atom. The van der Waals surface area contributed by atoms with Crippen molar-refractivity contribution in [2.24, 2.45) is 5.73 Å². The van der Waals surface area contributed by atoms with Gasteiger partial charge in [-0.3, -0.25) is 18.6 Å². The van der Waals surface area contributed by atoms with Crippen LogP contribution in [0.4, 0.5) is 0 Å². The number of carboxylic acids is 1. The summed E-state index contributed by atoms with van der Waals surface area (Å²) in [6.07, 6.45) is 20.7. The van der Waals surface area contributed by atoms with Crippen LogP contribution in [0.2, 0.25) is 0 Å². The normalized spacial score (nSPS) is 14.2. The molecule has 34 heavy (non-hydrogen) atoms. The maximum Gasteiger partial charge on any atom is 0.472 e. The van der Waals surface area contributed by atoms with Crippen molar-refractivity contribution in [2.45, 2.75) is 109 Å². The van der Waals surface area contributed by atoms with Crippen molar-refractivity contribution in [3.63, 3.8) is 0 Å². The molecule has 4 N–H and O–H groups in total. The molecule has 0 amide bonds. The average Bonchev–Trinajstić information content (AvgIpc) is 2.79. The Hall–Kier alpha value is -1.25. The molecule has 0 bridgehead atoms. The van der Waals surface area contributed by atoms with E-state index in [1.54, 1.807) is 0 Å². The Morgan fingerprint density at radius 2 is 1.41 bits per heavy atom. The molecular weight excluding hydrogens is 461 g/mol. The van der Waals surface area contributed by atoms with Gasteiger partial charge in [-0.25, -0.2) is 4.57 Å². The molecular formula is C24H46NO8P. The van der Waals surface area contributed by atoms with Gasteiger partial charge in [-0.2, -0.15) is 0 Å². The number of allylic oxidation sites excluding steroid dienone is 2. The number of carboxylic acid groups (broad SMARTS) is 1. The molecule has 0 heterocycles. The van der Waals surface area contributed by atoms with E-state index in [4.69, 9.17) is 15.6 Å². The van der Waals surface area contributed by atoms with Crippen molar-refractivity contribution in [3.05, 3.63) is 12.2 Å². The fourth-order valence-corrected chi connectivity index (χ4v) is 3.90. The lowest BCUT2D eigenvalue weighted by Gasteiger charge is -2.13. The van der Waals surface area contributed by atoms with Gasteiger partial charge in [0.2, 0.25) is 0 Å². The van der Waals surface area contributed by atoms with Gasteiger partial charge < -0.3 is 20.5 Å². The molecule has 2 unspecified atom stereocenters. The van der Waals surface area contributed by atoms with Crippen LogP contribution in [0.5, 0.6) is 0 Å². The first kappa shape index (κ1) is 32.8. The number of hydrogen-bond acceptors (Lipinski definition) is 7. The van der Waals surface area contributed by atoms with Crippen LogP contribution in [-0.2, 0) is 27.9 Å². The summed E-state index contributed by atoms with van der Waals surface area (Å²) < 4.78 is 25.8. The summed E-state index contributed by atoms with van der Waals surface area (Å²) in [7, 11) is -4.38. The molecule has 2 atom stereocenters. The molecule has 200 valence electrons. The molecule has 0 aliphatic carbocycles. The molecule has 9 nitrogen and oxygen atoms in total. The number of unbranched alkanes of at least 4 members (excludes halogenated alkanes) is 11. The van der Waals surface area contributed by atoms with Crippen molar-refractivity contribution in [1.29, 1.82) is 0 Å². The van der Waals surface area contributed by atoms with E-state index in [0.717, 1.165) is 32.1 Å². The van der Waals surface area contributed by atoms with E-state index >= 15 is 0 Å². The number of esters is 1. The van der Waals surface area contributed by atoms with Gasteiger partial charge >= 0.3 is 19.8 Å². The molecule has 0 aliphatic heterocycles. The molecule has 0 saturated carbocycles. The van der Waals surface area contributed by atoms with E-state index in [0.29, 0.717) is 6.42 Å². The number of hydrogen-bond donors (Lipinski definition) is 3. The number of carbonyl (C=O) groups is 2. The van der Waals surface area contributed by atoms with Crippen LogP contribution in [0.15, 0.2) is 12.2 Å². The van der Waals surface area contributed by atoms with Crippen molar-refractivity contribution >= 4 is 19.8 Å². The van der Waals surface area contributed by atoms with E-state index in [1.807, 2.05) is 0 Å². The van der Waals surface area contributed by atoms with Crippen LogP contribution in [-0.4, -0.2) is 47.8 Å². The summed E-state index contributed by atoms with van der Waals surface area (Å²) in [5, 5.41) is 8.59. The minimum Gasteiger partial charge on any atom is -0.480 e. The van der Waals surface area contributed by atoms with Crippen LogP contribution in [0.1, 0.15) is 103 Å². The fourth-order valence-electron chi connectivity index (χ4n) is 3.12. The van der Waals surface area contributed by atoms with Gasteiger partial charge in [0.25, 0.3) is 0 Å². The smallest absolute Gasteiger partial charge is 0.472 e. The average molecular weight is 508 g/mol. The molecule has 0 aromatic rings. The van der Waals surface area contributed by atoms with Gasteiger partial charge in [0.05, 0.1) is 19.8 Å². The Morgan fingerprint density at radius 3 is 2.00 bits per heavy atom. The third-order valence-electron chi connectivity index (χ3n) is 5.18. The number of phosphoric acid groups is 1. The van der Waals surface area contributed by atoms with Gasteiger partial charge in [-0.15, -0.1) is 0 Å². The Kier molecular flexibility index (Phi) is 21.4. The summed E-state index contributed by atoms with van der Waals surface area (Å²) in [5.41, 5.74) is 5.18. The number of nitrogens with two attached hydrogens (primary N) is 1. The van der Waals surface area contributed by atoms with E-state index in [-0.39, 0.29) is 25.6 Å². The van der Waals surface area contributed by atoms with Gasteiger partial charge in [0.1, 0.15) is 6.04 Å². The second-order valence-corrected chi connectivity index (χ2v) is 9.90. The molecule has 0 rings (SSSR count). The van der Waals surface area contributed by atoms with Crippen molar-refractivity contribution in [1.82, 2.24) is 0 Å². The quantitative estimate of drug-likeness (QED) is 0.0667. The summed E-state index contributed by atoms with van der Waals surface area (Å²) >= 11 is 0. The molecule has 0 radical (unpaired) electrons. The van der Waals surface area contributed by atoms with Crippen LogP contribution in [0.3, 0.4) is 0 Å². The molecule has 0 aliphatic rings. The number of aliphatic carboxylic acids is 1. The lowest BCUT2D eigenvalue weighted by Crippen LogP contribution is -2.34. The molecule has 0 aromatic carbocycles. The first-order valence-corrected chi connectivity index (χ1v) is 14.2. The molecule has 0 fully saturated rings. The van der Waals surface area contributed by atoms with Crippen LogP contribution in [0.25, 0.3) is 0 Å². The van der Waals surface area contributed by atoms with Crippen molar-refractivity contribution in [3.8, 4) is 0 Å². The Labute approximate surface area is 205 Å². The minimum atomic E-state index is -4.38. The third-order valence-corrected chi connectivity index (χ3v) is 6.17. The second kappa shape index (κ2) is 22.2. The van der Waals surface area contributed by atoms with Crippen molar-refractivity contribution < 1.29 is 37.9 Å². The zero-order valence-electron chi connectivity index (χ0n) is 20.8. The number of ether oxygens (including phenoxy) is 1. The van der Waals surface area contributed by atoms with Gasteiger partial charge in [-0.05, 0) is 32.1 Å². The fraction of sp³-hybridized carbons (Fsp3) is 0.833. The monoisotopic (exact) mass is 507 g/mol. The second-order valence-electron chi connectivity index (χ2n) is 8.45.